The Hall–Kier alpha value is -0.830. The van der Waals surface area contributed by atoms with E-state index in [-0.39, 0.29) is 5.41 Å². The van der Waals surface area contributed by atoms with E-state index in [0.29, 0.717) is 11.2 Å². The summed E-state index contributed by atoms with van der Waals surface area (Å²) in [6, 6.07) is 0.575. The fraction of sp³-hybridized carbons (Fsp3) is 0.750. The van der Waals surface area contributed by atoms with Crippen molar-refractivity contribution in [2.75, 3.05) is 5.32 Å². The summed E-state index contributed by atoms with van der Waals surface area (Å²) < 4.78 is 0. The minimum absolute atomic E-state index is 0.0809. The molecule has 4 heteroatoms. The maximum absolute atomic E-state index is 6.30. The number of fused-ring (bicyclic) bond motifs is 2. The molecule has 2 fully saturated rings. The van der Waals surface area contributed by atoms with E-state index < -0.39 is 0 Å². The first-order valence-electron chi connectivity index (χ1n) is 7.65. The van der Waals surface area contributed by atoms with E-state index in [9.17, 15) is 0 Å². The van der Waals surface area contributed by atoms with Gasteiger partial charge in [0.05, 0.1) is 0 Å². The number of hydrogen-bond donors (Lipinski definition) is 1. The predicted octanol–water partition coefficient (Wildman–Crippen LogP) is 4.34. The maximum Gasteiger partial charge on any atom is 0.137 e. The van der Waals surface area contributed by atoms with E-state index >= 15 is 0 Å². The number of nitrogens with one attached hydrogen (secondary N) is 1. The summed E-state index contributed by atoms with van der Waals surface area (Å²) in [7, 11) is 0. The first-order valence-corrected chi connectivity index (χ1v) is 8.03. The van der Waals surface area contributed by atoms with Gasteiger partial charge in [-0.15, -0.1) is 0 Å². The van der Waals surface area contributed by atoms with E-state index in [4.69, 9.17) is 16.6 Å². The summed E-state index contributed by atoms with van der Waals surface area (Å²) in [6.45, 7) is 8.37. The van der Waals surface area contributed by atoms with Crippen molar-refractivity contribution >= 4 is 17.4 Å². The summed E-state index contributed by atoms with van der Waals surface area (Å²) in [5, 5.41) is 4.24. The van der Waals surface area contributed by atoms with Gasteiger partial charge in [-0.05, 0) is 38.0 Å². The summed E-state index contributed by atoms with van der Waals surface area (Å²) in [5.41, 5.74) is 0.894. The zero-order chi connectivity index (χ0) is 14.5. The molecule has 3 atom stereocenters. The second kappa shape index (κ2) is 4.87. The highest BCUT2D eigenvalue weighted by Gasteiger charge is 2.39. The van der Waals surface area contributed by atoms with Crippen LogP contribution >= 0.6 is 11.6 Å². The predicted molar refractivity (Wildman–Crippen MR) is 83.3 cm³/mol. The third-order valence-electron chi connectivity index (χ3n) is 4.82. The van der Waals surface area contributed by atoms with Gasteiger partial charge < -0.3 is 5.32 Å². The van der Waals surface area contributed by atoms with Gasteiger partial charge >= 0.3 is 0 Å². The van der Waals surface area contributed by atoms with Gasteiger partial charge in [0.1, 0.15) is 16.8 Å². The Bertz CT molecular complexity index is 521. The van der Waals surface area contributed by atoms with Gasteiger partial charge in [0, 0.05) is 17.0 Å². The van der Waals surface area contributed by atoms with E-state index in [0.717, 1.165) is 29.0 Å². The third kappa shape index (κ3) is 2.52. The molecule has 110 valence electrons. The van der Waals surface area contributed by atoms with Crippen molar-refractivity contribution < 1.29 is 0 Å². The van der Waals surface area contributed by atoms with E-state index in [1.54, 1.807) is 0 Å². The van der Waals surface area contributed by atoms with Gasteiger partial charge in [-0.3, -0.25) is 0 Å². The number of aromatic nitrogens is 2. The molecule has 2 aliphatic carbocycles. The largest absolute Gasteiger partial charge is 0.367 e. The van der Waals surface area contributed by atoms with E-state index in [2.05, 4.69) is 31.1 Å². The minimum atomic E-state index is -0.0809. The highest BCUT2D eigenvalue weighted by Crippen LogP contribution is 2.45. The van der Waals surface area contributed by atoms with Crippen molar-refractivity contribution in [3.05, 3.63) is 16.5 Å². The number of hydrogen-bond acceptors (Lipinski definition) is 3. The third-order valence-corrected chi connectivity index (χ3v) is 5.19. The van der Waals surface area contributed by atoms with E-state index in [1.807, 2.05) is 6.92 Å². The molecule has 2 aliphatic rings. The van der Waals surface area contributed by atoms with Crippen LogP contribution in [-0.4, -0.2) is 16.0 Å². The molecule has 0 amide bonds. The Kier molecular flexibility index (Phi) is 3.44. The molecule has 0 aliphatic heterocycles. The van der Waals surface area contributed by atoms with Crippen LogP contribution in [0.1, 0.15) is 57.8 Å². The Morgan fingerprint density at radius 2 is 1.90 bits per heavy atom. The Morgan fingerprint density at radius 1 is 1.15 bits per heavy atom. The average Bonchev–Trinajstić information content (AvgIpc) is 2.95. The number of anilines is 1. The Labute approximate surface area is 126 Å². The van der Waals surface area contributed by atoms with Crippen LogP contribution in [0.5, 0.6) is 0 Å². The van der Waals surface area contributed by atoms with Gasteiger partial charge in [0.2, 0.25) is 0 Å². The number of rotatable bonds is 2. The van der Waals surface area contributed by atoms with Gasteiger partial charge in [-0.1, -0.05) is 38.8 Å². The zero-order valence-corrected chi connectivity index (χ0v) is 13.6. The molecule has 0 radical (unpaired) electrons. The maximum atomic E-state index is 6.30. The fourth-order valence-corrected chi connectivity index (χ4v) is 3.73. The molecule has 1 aromatic heterocycles. The lowest BCUT2D eigenvalue weighted by atomic mass is 9.94. The summed E-state index contributed by atoms with van der Waals surface area (Å²) in [6.07, 6.45) is 5.46. The monoisotopic (exact) mass is 293 g/mol. The highest BCUT2D eigenvalue weighted by atomic mass is 35.5. The molecular weight excluding hydrogens is 270 g/mol. The van der Waals surface area contributed by atoms with Crippen LogP contribution in [0.25, 0.3) is 0 Å². The molecule has 2 saturated carbocycles. The second-order valence-corrected chi connectivity index (χ2v) is 7.85. The second-order valence-electron chi connectivity index (χ2n) is 7.49. The van der Waals surface area contributed by atoms with Crippen molar-refractivity contribution in [1.82, 2.24) is 9.97 Å². The summed E-state index contributed by atoms with van der Waals surface area (Å²) in [4.78, 5) is 9.19. The summed E-state index contributed by atoms with van der Waals surface area (Å²) >= 11 is 6.30. The minimum Gasteiger partial charge on any atom is -0.367 e. The van der Waals surface area contributed by atoms with Gasteiger partial charge in [0.25, 0.3) is 0 Å². The lowest BCUT2D eigenvalue weighted by molar-refractivity contribution is 0.438. The molecule has 1 N–H and O–H groups in total. The van der Waals surface area contributed by atoms with Crippen molar-refractivity contribution in [2.45, 2.75) is 64.8 Å². The van der Waals surface area contributed by atoms with Crippen molar-refractivity contribution in [2.24, 2.45) is 11.8 Å². The average molecular weight is 294 g/mol. The number of halogens is 1. The molecule has 0 saturated heterocycles. The molecular formula is C16H24ClN3. The Morgan fingerprint density at radius 3 is 2.45 bits per heavy atom. The first-order chi connectivity index (χ1) is 9.34. The van der Waals surface area contributed by atoms with Crippen molar-refractivity contribution in [3.8, 4) is 0 Å². The molecule has 3 rings (SSSR count). The molecule has 1 aromatic rings. The van der Waals surface area contributed by atoms with Crippen LogP contribution in [0.2, 0.25) is 5.15 Å². The summed E-state index contributed by atoms with van der Waals surface area (Å²) in [5.74, 6) is 3.51. The first kappa shape index (κ1) is 14.1. The van der Waals surface area contributed by atoms with Crippen molar-refractivity contribution in [1.29, 1.82) is 0 Å². The van der Waals surface area contributed by atoms with Crippen LogP contribution in [0.15, 0.2) is 0 Å². The molecule has 0 aromatic carbocycles. The molecule has 3 nitrogen and oxygen atoms in total. The molecule has 0 spiro atoms. The standard InChI is InChI=1S/C16H24ClN3/c1-9-13(17)19-15(16(2,3)4)20-14(9)18-12-8-10-5-6-11(12)7-10/h10-12H,5-8H2,1-4H3,(H,18,19,20). The van der Waals surface area contributed by atoms with Gasteiger partial charge in [-0.2, -0.15) is 0 Å². The molecule has 20 heavy (non-hydrogen) atoms. The van der Waals surface area contributed by atoms with Gasteiger partial charge in [0.15, 0.2) is 0 Å². The van der Waals surface area contributed by atoms with Gasteiger partial charge in [-0.25, -0.2) is 9.97 Å². The van der Waals surface area contributed by atoms with Crippen LogP contribution in [0.4, 0.5) is 5.82 Å². The zero-order valence-electron chi connectivity index (χ0n) is 12.8. The fourth-order valence-electron chi connectivity index (χ4n) is 3.56. The van der Waals surface area contributed by atoms with Crippen LogP contribution in [0, 0.1) is 18.8 Å². The van der Waals surface area contributed by atoms with E-state index in [1.165, 1.54) is 25.7 Å². The highest BCUT2D eigenvalue weighted by molar-refractivity contribution is 6.30. The molecule has 2 bridgehead atoms. The lowest BCUT2D eigenvalue weighted by Gasteiger charge is -2.26. The SMILES string of the molecule is Cc1c(Cl)nc(C(C)(C)C)nc1NC1CC2CCC1C2. The normalized spacial score (nSPS) is 28.9. The van der Waals surface area contributed by atoms with Crippen LogP contribution < -0.4 is 5.32 Å². The smallest absolute Gasteiger partial charge is 0.137 e. The van der Waals surface area contributed by atoms with Crippen LogP contribution in [0.3, 0.4) is 0 Å². The Balaban J connectivity index is 1.87. The molecule has 3 unspecified atom stereocenters. The lowest BCUT2D eigenvalue weighted by Crippen LogP contribution is -2.28. The van der Waals surface area contributed by atoms with Crippen LogP contribution in [-0.2, 0) is 5.41 Å². The molecule has 1 heterocycles. The van der Waals surface area contributed by atoms with Crippen molar-refractivity contribution in [3.63, 3.8) is 0 Å². The topological polar surface area (TPSA) is 37.8 Å². The quantitative estimate of drug-likeness (QED) is 0.825. The number of nitrogens with zero attached hydrogens (tertiary/aromatic N) is 2.